The van der Waals surface area contributed by atoms with Gasteiger partial charge in [-0.25, -0.2) is 9.37 Å². The molecule has 8 heteroatoms. The number of ether oxygens (including phenoxy) is 1. The fourth-order valence-electron chi connectivity index (χ4n) is 4.07. The van der Waals surface area contributed by atoms with Crippen LogP contribution >= 0.6 is 34.7 Å². The summed E-state index contributed by atoms with van der Waals surface area (Å²) in [7, 11) is 1.59. The molecule has 2 aromatic carbocycles. The Kier molecular flexibility index (Phi) is 5.97. The lowest BCUT2D eigenvalue weighted by Gasteiger charge is -2.14. The molecule has 0 saturated carbocycles. The Balaban J connectivity index is 1.69. The van der Waals surface area contributed by atoms with Crippen molar-refractivity contribution in [2.24, 2.45) is 0 Å². The van der Waals surface area contributed by atoms with E-state index < -0.39 is 0 Å². The van der Waals surface area contributed by atoms with Crippen LogP contribution in [-0.4, -0.2) is 16.7 Å². The summed E-state index contributed by atoms with van der Waals surface area (Å²) in [5, 5.41) is 1.58. The van der Waals surface area contributed by atoms with Gasteiger partial charge in [-0.1, -0.05) is 35.5 Å². The molecule has 5 rings (SSSR count). The molecule has 0 N–H and O–H groups in total. The summed E-state index contributed by atoms with van der Waals surface area (Å²) < 4.78 is 21.4. The average molecular weight is 487 g/mol. The van der Waals surface area contributed by atoms with Crippen LogP contribution < -0.4 is 10.3 Å². The zero-order chi connectivity index (χ0) is 22.2. The maximum atomic E-state index is 14.4. The molecule has 4 nitrogen and oxygen atoms in total. The second-order valence-corrected chi connectivity index (χ2v) is 10.0. The number of fused-ring (bicyclic) bond motifs is 3. The summed E-state index contributed by atoms with van der Waals surface area (Å²) in [6.45, 7) is 0. The van der Waals surface area contributed by atoms with Crippen molar-refractivity contribution in [1.29, 1.82) is 0 Å². The van der Waals surface area contributed by atoms with Crippen LogP contribution in [0.25, 0.3) is 15.9 Å². The molecule has 0 aliphatic heterocycles. The summed E-state index contributed by atoms with van der Waals surface area (Å²) in [5.74, 6) is 0.543. The molecule has 0 atom stereocenters. The predicted molar refractivity (Wildman–Crippen MR) is 129 cm³/mol. The molecule has 2 heterocycles. The van der Waals surface area contributed by atoms with Gasteiger partial charge in [-0.05, 0) is 55.5 Å². The first-order valence-corrected chi connectivity index (χ1v) is 12.5. The molecule has 32 heavy (non-hydrogen) atoms. The van der Waals surface area contributed by atoms with Crippen LogP contribution in [0.15, 0.2) is 52.4 Å². The van der Waals surface area contributed by atoms with Crippen molar-refractivity contribution in [2.75, 3.05) is 7.11 Å². The highest BCUT2D eigenvalue weighted by molar-refractivity contribution is 7.98. The smallest absolute Gasteiger partial charge is 0.267 e. The number of hydrogen-bond acceptors (Lipinski definition) is 5. The highest BCUT2D eigenvalue weighted by Crippen LogP contribution is 2.36. The molecule has 0 unspecified atom stereocenters. The largest absolute Gasteiger partial charge is 0.497 e. The highest BCUT2D eigenvalue weighted by atomic mass is 35.5. The zero-order valence-corrected chi connectivity index (χ0v) is 19.7. The van der Waals surface area contributed by atoms with E-state index in [2.05, 4.69) is 0 Å². The third-order valence-corrected chi connectivity index (χ3v) is 8.18. The molecule has 0 spiro atoms. The lowest BCUT2D eigenvalue weighted by atomic mass is 9.97. The SMILES string of the molecule is COc1cccc(-n2c(SCc3c(F)cccc3Cl)nc3sc4c(c3c2=O)CCCC4)c1. The molecule has 0 amide bonds. The van der Waals surface area contributed by atoms with Gasteiger partial charge in [-0.3, -0.25) is 9.36 Å². The number of benzene rings is 2. The summed E-state index contributed by atoms with van der Waals surface area (Å²) >= 11 is 9.14. The number of aromatic nitrogens is 2. The van der Waals surface area contributed by atoms with Gasteiger partial charge in [0.1, 0.15) is 16.4 Å². The molecule has 0 fully saturated rings. The Bertz CT molecular complexity index is 1360. The standard InChI is InChI=1S/C24H20ClFN2O2S2/c1-30-15-7-4-6-14(12-15)28-23(29)21-16-8-2-3-11-20(16)32-22(21)27-24(28)31-13-17-18(25)9-5-10-19(17)26/h4-7,9-10,12H,2-3,8,11,13H2,1H3. The minimum absolute atomic E-state index is 0.0928. The number of rotatable bonds is 5. The van der Waals surface area contributed by atoms with Crippen molar-refractivity contribution in [2.45, 2.75) is 36.6 Å². The van der Waals surface area contributed by atoms with Crippen molar-refractivity contribution >= 4 is 44.9 Å². The lowest BCUT2D eigenvalue weighted by molar-refractivity contribution is 0.414. The monoisotopic (exact) mass is 486 g/mol. The van der Waals surface area contributed by atoms with E-state index in [1.165, 1.54) is 22.7 Å². The molecule has 0 radical (unpaired) electrons. The van der Waals surface area contributed by atoms with E-state index in [4.69, 9.17) is 21.3 Å². The van der Waals surface area contributed by atoms with Gasteiger partial charge in [-0.2, -0.15) is 0 Å². The third-order valence-electron chi connectivity index (χ3n) is 5.68. The fraction of sp³-hybridized carbons (Fsp3) is 0.250. The van der Waals surface area contributed by atoms with Gasteiger partial charge >= 0.3 is 0 Å². The lowest BCUT2D eigenvalue weighted by Crippen LogP contribution is -2.22. The predicted octanol–water partition coefficient (Wildman–Crippen LogP) is 6.42. The highest BCUT2D eigenvalue weighted by Gasteiger charge is 2.23. The van der Waals surface area contributed by atoms with Crippen molar-refractivity contribution < 1.29 is 9.13 Å². The van der Waals surface area contributed by atoms with E-state index in [0.29, 0.717) is 32.6 Å². The van der Waals surface area contributed by atoms with Crippen molar-refractivity contribution in [3.63, 3.8) is 0 Å². The van der Waals surface area contributed by atoms with Crippen molar-refractivity contribution in [3.8, 4) is 11.4 Å². The van der Waals surface area contributed by atoms with Crippen LogP contribution in [-0.2, 0) is 18.6 Å². The number of halogens is 2. The van der Waals surface area contributed by atoms with Crippen LogP contribution in [0.1, 0.15) is 28.8 Å². The van der Waals surface area contributed by atoms with Gasteiger partial charge in [0, 0.05) is 27.3 Å². The minimum atomic E-state index is -0.368. The Morgan fingerprint density at radius 2 is 2.03 bits per heavy atom. The van der Waals surface area contributed by atoms with Crippen LogP contribution in [0.3, 0.4) is 0 Å². The number of methoxy groups -OCH3 is 1. The van der Waals surface area contributed by atoms with E-state index in [1.54, 1.807) is 35.1 Å². The molecule has 0 bridgehead atoms. The second-order valence-electron chi connectivity index (χ2n) is 7.62. The molecule has 1 aliphatic carbocycles. The van der Waals surface area contributed by atoms with Crippen LogP contribution in [0, 0.1) is 5.82 Å². The summed E-state index contributed by atoms with van der Waals surface area (Å²) in [6, 6.07) is 12.0. The average Bonchev–Trinajstić information content (AvgIpc) is 3.17. The fourth-order valence-corrected chi connectivity index (χ4v) is 6.73. The van der Waals surface area contributed by atoms with Gasteiger partial charge in [-0.15, -0.1) is 11.3 Å². The van der Waals surface area contributed by atoms with Gasteiger partial charge in [0.15, 0.2) is 5.16 Å². The summed E-state index contributed by atoms with van der Waals surface area (Å²) in [4.78, 5) is 20.7. The Morgan fingerprint density at radius 3 is 2.84 bits per heavy atom. The van der Waals surface area contributed by atoms with Gasteiger partial charge in [0.25, 0.3) is 5.56 Å². The number of hydrogen-bond donors (Lipinski definition) is 0. The van der Waals surface area contributed by atoms with Crippen molar-refractivity contribution in [1.82, 2.24) is 9.55 Å². The maximum absolute atomic E-state index is 14.4. The Hall–Kier alpha value is -2.35. The van der Waals surface area contributed by atoms with Crippen LogP contribution in [0.5, 0.6) is 5.75 Å². The first-order valence-electron chi connectivity index (χ1n) is 10.3. The topological polar surface area (TPSA) is 44.1 Å². The summed E-state index contributed by atoms with van der Waals surface area (Å²) in [6.07, 6.45) is 4.11. The van der Waals surface area contributed by atoms with Crippen LogP contribution in [0.2, 0.25) is 5.02 Å². The number of aryl methyl sites for hydroxylation is 2. The van der Waals surface area contributed by atoms with Gasteiger partial charge in [0.05, 0.1) is 18.2 Å². The molecular weight excluding hydrogens is 467 g/mol. The van der Waals surface area contributed by atoms with Crippen molar-refractivity contribution in [3.05, 3.63) is 79.7 Å². The maximum Gasteiger partial charge on any atom is 0.267 e. The first-order chi connectivity index (χ1) is 15.6. The van der Waals surface area contributed by atoms with E-state index >= 15 is 0 Å². The second kappa shape index (κ2) is 8.89. The Labute approximate surface area is 198 Å². The number of thiophene rings is 1. The number of nitrogens with zero attached hydrogens (tertiary/aromatic N) is 2. The molecule has 1 aliphatic rings. The zero-order valence-electron chi connectivity index (χ0n) is 17.4. The summed E-state index contributed by atoms with van der Waals surface area (Å²) in [5.41, 5.74) is 2.11. The van der Waals surface area contributed by atoms with E-state index in [0.717, 1.165) is 36.1 Å². The van der Waals surface area contributed by atoms with Gasteiger partial charge < -0.3 is 4.74 Å². The first kappa shape index (κ1) is 21.5. The normalized spacial score (nSPS) is 13.3. The third kappa shape index (κ3) is 3.83. The van der Waals surface area contributed by atoms with E-state index in [1.807, 2.05) is 24.3 Å². The van der Waals surface area contributed by atoms with Crippen LogP contribution in [0.4, 0.5) is 4.39 Å². The molecule has 2 aromatic heterocycles. The molecular formula is C24H20ClFN2O2S2. The molecule has 164 valence electrons. The quantitative estimate of drug-likeness (QED) is 0.241. The molecule has 4 aromatic rings. The minimum Gasteiger partial charge on any atom is -0.497 e. The van der Waals surface area contributed by atoms with Gasteiger partial charge in [0.2, 0.25) is 0 Å². The molecule has 0 saturated heterocycles. The Morgan fingerprint density at radius 1 is 1.22 bits per heavy atom. The number of thioether (sulfide) groups is 1. The van der Waals surface area contributed by atoms with E-state index in [-0.39, 0.29) is 17.1 Å². The van der Waals surface area contributed by atoms with E-state index in [9.17, 15) is 9.18 Å².